The number of hydrogen-bond acceptors (Lipinski definition) is 6. The first-order valence-corrected chi connectivity index (χ1v) is 6.70. The van der Waals surface area contributed by atoms with Crippen LogP contribution in [0, 0.1) is 0 Å². The zero-order valence-electron chi connectivity index (χ0n) is 13.0. The fraction of sp³-hybridized carbons (Fsp3) is 0.176. The van der Waals surface area contributed by atoms with Crippen LogP contribution in [0.3, 0.4) is 0 Å². The maximum atomic E-state index is 12.2. The molecule has 0 saturated heterocycles. The zero-order chi connectivity index (χ0) is 17.0. The molecule has 2 aromatic rings. The first-order valence-electron chi connectivity index (χ1n) is 6.70. The molecular weight excluding hydrogens is 300 g/mol. The molecule has 1 N–H and O–H groups in total. The Kier molecular flexibility index (Phi) is 4.85. The van der Waals surface area contributed by atoms with Crippen LogP contribution in [0.15, 0.2) is 36.4 Å². The van der Waals surface area contributed by atoms with Gasteiger partial charge in [0.1, 0.15) is 17.1 Å². The minimum atomic E-state index is -0.821. The van der Waals surface area contributed by atoms with E-state index in [1.807, 2.05) is 0 Å². The predicted octanol–water partition coefficient (Wildman–Crippen LogP) is 2.64. The first-order chi connectivity index (χ1) is 11.0. The van der Waals surface area contributed by atoms with Crippen LogP contribution in [0.5, 0.6) is 11.5 Å². The van der Waals surface area contributed by atoms with Gasteiger partial charge in [0.2, 0.25) is 0 Å². The third-order valence-corrected chi connectivity index (χ3v) is 3.36. The van der Waals surface area contributed by atoms with E-state index in [-0.39, 0.29) is 16.9 Å². The van der Waals surface area contributed by atoms with Gasteiger partial charge in [0.15, 0.2) is 0 Å². The normalized spacial score (nSPS) is 10.0. The summed E-state index contributed by atoms with van der Waals surface area (Å²) in [7, 11) is 3.92. The lowest BCUT2D eigenvalue weighted by Gasteiger charge is -2.14. The van der Waals surface area contributed by atoms with E-state index in [4.69, 9.17) is 9.47 Å². The van der Waals surface area contributed by atoms with Crippen LogP contribution in [0.25, 0.3) is 11.1 Å². The molecule has 6 heteroatoms. The Morgan fingerprint density at radius 2 is 1.39 bits per heavy atom. The SMILES string of the molecule is COC(=O)c1c(O)ccc(-c2ccc(OC)cc2)c1C(=O)OC. The summed E-state index contributed by atoms with van der Waals surface area (Å²) in [6.45, 7) is 0. The Morgan fingerprint density at radius 3 is 1.91 bits per heavy atom. The molecule has 0 radical (unpaired) electrons. The van der Waals surface area contributed by atoms with Crippen LogP contribution in [-0.4, -0.2) is 38.4 Å². The lowest BCUT2D eigenvalue weighted by Crippen LogP contribution is -2.13. The summed E-state index contributed by atoms with van der Waals surface area (Å²) in [4.78, 5) is 24.1. The summed E-state index contributed by atoms with van der Waals surface area (Å²) in [5, 5.41) is 9.96. The van der Waals surface area contributed by atoms with E-state index in [2.05, 4.69) is 4.74 Å². The van der Waals surface area contributed by atoms with Gasteiger partial charge in [-0.15, -0.1) is 0 Å². The van der Waals surface area contributed by atoms with Crippen molar-refractivity contribution in [2.45, 2.75) is 0 Å². The van der Waals surface area contributed by atoms with E-state index in [0.717, 1.165) is 0 Å². The fourth-order valence-corrected chi connectivity index (χ4v) is 2.23. The number of carbonyl (C=O) groups excluding carboxylic acids is 2. The highest BCUT2D eigenvalue weighted by atomic mass is 16.5. The van der Waals surface area contributed by atoms with Gasteiger partial charge >= 0.3 is 11.9 Å². The summed E-state index contributed by atoms with van der Waals surface area (Å²) in [5.41, 5.74) is 0.825. The second-order valence-electron chi connectivity index (χ2n) is 4.59. The van der Waals surface area contributed by atoms with E-state index in [1.165, 1.54) is 26.4 Å². The molecule has 0 saturated carbocycles. The first kappa shape index (κ1) is 16.4. The monoisotopic (exact) mass is 316 g/mol. The average molecular weight is 316 g/mol. The van der Waals surface area contributed by atoms with Crippen molar-refractivity contribution in [1.82, 2.24) is 0 Å². The number of carbonyl (C=O) groups is 2. The van der Waals surface area contributed by atoms with Crippen molar-refractivity contribution in [3.8, 4) is 22.6 Å². The number of rotatable bonds is 4. The number of phenols is 1. The third-order valence-electron chi connectivity index (χ3n) is 3.36. The lowest BCUT2D eigenvalue weighted by atomic mass is 9.94. The molecule has 120 valence electrons. The van der Waals surface area contributed by atoms with Crippen molar-refractivity contribution in [3.63, 3.8) is 0 Å². The Labute approximate surface area is 133 Å². The van der Waals surface area contributed by atoms with Crippen molar-refractivity contribution < 1.29 is 28.9 Å². The second kappa shape index (κ2) is 6.83. The smallest absolute Gasteiger partial charge is 0.342 e. The number of aromatic hydroxyl groups is 1. The van der Waals surface area contributed by atoms with Gasteiger partial charge in [-0.2, -0.15) is 0 Å². The third kappa shape index (κ3) is 3.11. The van der Waals surface area contributed by atoms with Gasteiger partial charge in [0, 0.05) is 0 Å². The number of methoxy groups -OCH3 is 3. The number of hydrogen-bond donors (Lipinski definition) is 1. The second-order valence-corrected chi connectivity index (χ2v) is 4.59. The molecule has 23 heavy (non-hydrogen) atoms. The highest BCUT2D eigenvalue weighted by Gasteiger charge is 2.26. The van der Waals surface area contributed by atoms with Crippen molar-refractivity contribution in [2.75, 3.05) is 21.3 Å². The van der Waals surface area contributed by atoms with Gasteiger partial charge in [0.05, 0.1) is 26.9 Å². The van der Waals surface area contributed by atoms with Gasteiger partial charge in [-0.1, -0.05) is 12.1 Å². The molecule has 2 aromatic carbocycles. The van der Waals surface area contributed by atoms with Gasteiger partial charge in [-0.25, -0.2) is 9.59 Å². The van der Waals surface area contributed by atoms with Gasteiger partial charge < -0.3 is 19.3 Å². The summed E-state index contributed by atoms with van der Waals surface area (Å²) in [6, 6.07) is 9.79. The molecule has 0 aliphatic heterocycles. The number of esters is 2. The lowest BCUT2D eigenvalue weighted by molar-refractivity contribution is 0.0553. The molecule has 0 spiro atoms. The van der Waals surface area contributed by atoms with Crippen molar-refractivity contribution in [1.29, 1.82) is 0 Å². The van der Waals surface area contributed by atoms with Crippen molar-refractivity contribution in [2.24, 2.45) is 0 Å². The van der Waals surface area contributed by atoms with Crippen molar-refractivity contribution in [3.05, 3.63) is 47.5 Å². The largest absolute Gasteiger partial charge is 0.507 e. The molecule has 2 rings (SSSR count). The van der Waals surface area contributed by atoms with Gasteiger partial charge in [0.25, 0.3) is 0 Å². The summed E-state index contributed by atoms with van der Waals surface area (Å²) >= 11 is 0. The van der Waals surface area contributed by atoms with E-state index in [0.29, 0.717) is 16.9 Å². The molecule has 0 amide bonds. The average Bonchev–Trinajstić information content (AvgIpc) is 2.60. The van der Waals surface area contributed by atoms with Crippen molar-refractivity contribution >= 4 is 11.9 Å². The van der Waals surface area contributed by atoms with Crippen LogP contribution in [0.1, 0.15) is 20.7 Å². The molecule has 0 fully saturated rings. The maximum absolute atomic E-state index is 12.2. The van der Waals surface area contributed by atoms with Gasteiger partial charge in [-0.05, 0) is 35.4 Å². The van der Waals surface area contributed by atoms with Crippen LogP contribution >= 0.6 is 0 Å². The molecule has 0 heterocycles. The number of phenolic OH excluding ortho intramolecular Hbond substituents is 1. The molecule has 0 aliphatic carbocycles. The maximum Gasteiger partial charge on any atom is 0.342 e. The molecule has 0 atom stereocenters. The van der Waals surface area contributed by atoms with Crippen LogP contribution in [-0.2, 0) is 9.47 Å². The molecule has 0 bridgehead atoms. The quantitative estimate of drug-likeness (QED) is 0.873. The summed E-state index contributed by atoms with van der Waals surface area (Å²) in [5.74, 6) is -1.26. The summed E-state index contributed by atoms with van der Waals surface area (Å²) < 4.78 is 14.5. The standard InChI is InChI=1S/C17H16O6/c1-21-11-6-4-10(5-7-11)12-8-9-13(18)15(17(20)23-3)14(12)16(19)22-2/h4-9,18H,1-3H3. The van der Waals surface area contributed by atoms with E-state index in [9.17, 15) is 14.7 Å². The van der Waals surface area contributed by atoms with E-state index >= 15 is 0 Å². The summed E-state index contributed by atoms with van der Waals surface area (Å²) in [6.07, 6.45) is 0. The van der Waals surface area contributed by atoms with E-state index in [1.54, 1.807) is 31.4 Å². The number of benzene rings is 2. The fourth-order valence-electron chi connectivity index (χ4n) is 2.23. The molecule has 6 nitrogen and oxygen atoms in total. The van der Waals surface area contributed by atoms with Crippen LogP contribution in [0.4, 0.5) is 0 Å². The minimum absolute atomic E-state index is 0.0514. The van der Waals surface area contributed by atoms with Gasteiger partial charge in [-0.3, -0.25) is 0 Å². The Morgan fingerprint density at radius 1 is 0.826 bits per heavy atom. The minimum Gasteiger partial charge on any atom is -0.507 e. The van der Waals surface area contributed by atoms with Crippen LogP contribution in [0.2, 0.25) is 0 Å². The Hall–Kier alpha value is -3.02. The predicted molar refractivity (Wildman–Crippen MR) is 82.8 cm³/mol. The van der Waals surface area contributed by atoms with E-state index < -0.39 is 11.9 Å². The molecule has 0 aliphatic rings. The highest BCUT2D eigenvalue weighted by molar-refractivity contribution is 6.09. The Balaban J connectivity index is 2.71. The zero-order valence-corrected chi connectivity index (χ0v) is 13.0. The molecule has 0 aromatic heterocycles. The Bertz CT molecular complexity index is 733. The molecular formula is C17H16O6. The highest BCUT2D eigenvalue weighted by Crippen LogP contribution is 2.33. The topological polar surface area (TPSA) is 82.1 Å². The number of ether oxygens (including phenoxy) is 3. The molecule has 0 unspecified atom stereocenters. The van der Waals surface area contributed by atoms with Crippen LogP contribution < -0.4 is 4.74 Å².